The van der Waals surface area contributed by atoms with Gasteiger partial charge in [0.2, 0.25) is 5.91 Å². The second kappa shape index (κ2) is 6.52. The zero-order valence-corrected chi connectivity index (χ0v) is 13.2. The Kier molecular flexibility index (Phi) is 4.28. The number of carbonyl (C=O) groups is 1. The van der Waals surface area contributed by atoms with Crippen molar-refractivity contribution < 1.29 is 9.53 Å². The van der Waals surface area contributed by atoms with E-state index in [-0.39, 0.29) is 5.91 Å². The SMILES string of the molecule is COc1ccc2[nH]cc(CC(=O)N(C)Cc3cccnc3)c2c1. The first-order chi connectivity index (χ1) is 11.2. The Morgan fingerprint density at radius 1 is 1.35 bits per heavy atom. The Labute approximate surface area is 134 Å². The molecule has 118 valence electrons. The summed E-state index contributed by atoms with van der Waals surface area (Å²) >= 11 is 0. The maximum atomic E-state index is 12.5. The van der Waals surface area contributed by atoms with Crippen LogP contribution in [0.15, 0.2) is 48.9 Å². The number of H-pyrrole nitrogens is 1. The van der Waals surface area contributed by atoms with Gasteiger partial charge in [-0.25, -0.2) is 0 Å². The van der Waals surface area contributed by atoms with Crippen LogP contribution in [-0.2, 0) is 17.8 Å². The molecule has 3 aromatic rings. The summed E-state index contributed by atoms with van der Waals surface area (Å²) in [6.45, 7) is 0.554. The number of aromatic nitrogens is 2. The molecular formula is C18H19N3O2. The van der Waals surface area contributed by atoms with Gasteiger partial charge in [0.15, 0.2) is 0 Å². The summed E-state index contributed by atoms with van der Waals surface area (Å²) in [5.74, 6) is 0.854. The number of nitrogens with one attached hydrogen (secondary N) is 1. The summed E-state index contributed by atoms with van der Waals surface area (Å²) in [5.41, 5.74) is 2.99. The lowest BCUT2D eigenvalue weighted by Gasteiger charge is -2.17. The van der Waals surface area contributed by atoms with Crippen molar-refractivity contribution in [3.05, 3.63) is 60.0 Å². The van der Waals surface area contributed by atoms with Gasteiger partial charge in [-0.05, 0) is 35.4 Å². The fourth-order valence-electron chi connectivity index (χ4n) is 2.58. The van der Waals surface area contributed by atoms with E-state index in [2.05, 4.69) is 9.97 Å². The summed E-state index contributed by atoms with van der Waals surface area (Å²) < 4.78 is 5.26. The van der Waals surface area contributed by atoms with Gasteiger partial charge in [0.1, 0.15) is 5.75 Å². The fourth-order valence-corrected chi connectivity index (χ4v) is 2.58. The lowest BCUT2D eigenvalue weighted by molar-refractivity contribution is -0.129. The van der Waals surface area contributed by atoms with Crippen LogP contribution in [0.5, 0.6) is 5.75 Å². The van der Waals surface area contributed by atoms with E-state index in [1.165, 1.54) is 0 Å². The van der Waals surface area contributed by atoms with Gasteiger partial charge >= 0.3 is 0 Å². The molecule has 1 aromatic carbocycles. The number of hydrogen-bond acceptors (Lipinski definition) is 3. The molecule has 5 nitrogen and oxygen atoms in total. The molecule has 0 saturated heterocycles. The van der Waals surface area contributed by atoms with Crippen molar-refractivity contribution in [2.45, 2.75) is 13.0 Å². The molecule has 0 fully saturated rings. The van der Waals surface area contributed by atoms with E-state index in [0.29, 0.717) is 13.0 Å². The molecule has 23 heavy (non-hydrogen) atoms. The van der Waals surface area contributed by atoms with Crippen molar-refractivity contribution in [1.29, 1.82) is 0 Å². The van der Waals surface area contributed by atoms with E-state index in [1.807, 2.05) is 43.6 Å². The standard InChI is InChI=1S/C18H19N3O2/c1-21(12-13-4-3-7-19-10-13)18(22)8-14-11-20-17-6-5-15(23-2)9-16(14)17/h3-7,9-11,20H,8,12H2,1-2H3. The third kappa shape index (κ3) is 3.34. The van der Waals surface area contributed by atoms with E-state index in [0.717, 1.165) is 27.8 Å². The first-order valence-corrected chi connectivity index (χ1v) is 7.44. The van der Waals surface area contributed by atoms with E-state index in [4.69, 9.17) is 4.74 Å². The summed E-state index contributed by atoms with van der Waals surface area (Å²) in [6.07, 6.45) is 5.74. The molecule has 2 heterocycles. The minimum atomic E-state index is 0.0672. The Hall–Kier alpha value is -2.82. The quantitative estimate of drug-likeness (QED) is 0.788. The van der Waals surface area contributed by atoms with Crippen molar-refractivity contribution in [1.82, 2.24) is 14.9 Å². The summed E-state index contributed by atoms with van der Waals surface area (Å²) in [7, 11) is 3.45. The van der Waals surface area contributed by atoms with Gasteiger partial charge in [-0.2, -0.15) is 0 Å². The Morgan fingerprint density at radius 2 is 2.22 bits per heavy atom. The van der Waals surface area contributed by atoms with Gasteiger partial charge in [-0.3, -0.25) is 9.78 Å². The van der Waals surface area contributed by atoms with Gasteiger partial charge in [-0.1, -0.05) is 6.07 Å². The molecule has 2 aromatic heterocycles. The molecule has 0 saturated carbocycles. The molecule has 0 atom stereocenters. The van der Waals surface area contributed by atoms with Gasteiger partial charge in [0, 0.05) is 43.1 Å². The highest BCUT2D eigenvalue weighted by atomic mass is 16.5. The monoisotopic (exact) mass is 309 g/mol. The van der Waals surface area contributed by atoms with E-state index in [9.17, 15) is 4.79 Å². The Bertz CT molecular complexity index is 812. The van der Waals surface area contributed by atoms with Gasteiger partial charge in [-0.15, -0.1) is 0 Å². The molecule has 5 heteroatoms. The van der Waals surface area contributed by atoms with Crippen molar-refractivity contribution in [2.75, 3.05) is 14.2 Å². The molecule has 0 spiro atoms. The van der Waals surface area contributed by atoms with Crippen LogP contribution in [0.3, 0.4) is 0 Å². The van der Waals surface area contributed by atoms with Crippen molar-refractivity contribution in [2.24, 2.45) is 0 Å². The minimum absolute atomic E-state index is 0.0672. The van der Waals surface area contributed by atoms with Gasteiger partial charge < -0.3 is 14.6 Å². The zero-order chi connectivity index (χ0) is 16.2. The number of methoxy groups -OCH3 is 1. The molecule has 1 N–H and O–H groups in total. The second-order valence-electron chi connectivity index (χ2n) is 5.51. The number of benzene rings is 1. The van der Waals surface area contributed by atoms with E-state index >= 15 is 0 Å². The lowest BCUT2D eigenvalue weighted by Crippen LogP contribution is -2.27. The highest BCUT2D eigenvalue weighted by Gasteiger charge is 2.13. The number of rotatable bonds is 5. The molecule has 0 unspecified atom stereocenters. The Balaban J connectivity index is 1.74. The smallest absolute Gasteiger partial charge is 0.227 e. The van der Waals surface area contributed by atoms with Crippen LogP contribution >= 0.6 is 0 Å². The number of ether oxygens (including phenoxy) is 1. The number of nitrogens with zero attached hydrogens (tertiary/aromatic N) is 2. The zero-order valence-electron chi connectivity index (χ0n) is 13.2. The second-order valence-corrected chi connectivity index (χ2v) is 5.51. The molecule has 0 radical (unpaired) electrons. The first-order valence-electron chi connectivity index (χ1n) is 7.44. The molecule has 0 aliphatic carbocycles. The van der Waals surface area contributed by atoms with E-state index < -0.39 is 0 Å². The van der Waals surface area contributed by atoms with Crippen molar-refractivity contribution in [3.8, 4) is 5.75 Å². The van der Waals surface area contributed by atoms with Gasteiger partial charge in [0.25, 0.3) is 0 Å². The predicted octanol–water partition coefficient (Wildman–Crippen LogP) is 2.77. The van der Waals surface area contributed by atoms with Gasteiger partial charge in [0.05, 0.1) is 13.5 Å². The minimum Gasteiger partial charge on any atom is -0.497 e. The number of hydrogen-bond donors (Lipinski definition) is 1. The maximum absolute atomic E-state index is 12.5. The van der Waals surface area contributed by atoms with Crippen LogP contribution < -0.4 is 4.74 Å². The molecule has 3 rings (SSSR count). The van der Waals surface area contributed by atoms with Crippen molar-refractivity contribution in [3.63, 3.8) is 0 Å². The number of amides is 1. The topological polar surface area (TPSA) is 58.2 Å². The number of pyridine rings is 1. The number of carbonyl (C=O) groups excluding carboxylic acids is 1. The first kappa shape index (κ1) is 15.1. The van der Waals surface area contributed by atoms with Crippen LogP contribution in [0.4, 0.5) is 0 Å². The van der Waals surface area contributed by atoms with Crippen LogP contribution in [0.1, 0.15) is 11.1 Å². The average Bonchev–Trinajstić information content (AvgIpc) is 2.97. The number of likely N-dealkylation sites (N-methyl/N-ethyl adjacent to an activating group) is 1. The number of fused-ring (bicyclic) bond motifs is 1. The lowest BCUT2D eigenvalue weighted by atomic mass is 10.1. The Morgan fingerprint density at radius 3 is 2.96 bits per heavy atom. The fraction of sp³-hybridized carbons (Fsp3) is 0.222. The average molecular weight is 309 g/mol. The third-order valence-corrected chi connectivity index (χ3v) is 3.88. The van der Waals surface area contributed by atoms with Crippen LogP contribution in [0.2, 0.25) is 0 Å². The predicted molar refractivity (Wildman–Crippen MR) is 89.3 cm³/mol. The van der Waals surface area contributed by atoms with Crippen LogP contribution in [-0.4, -0.2) is 34.9 Å². The highest BCUT2D eigenvalue weighted by Crippen LogP contribution is 2.24. The summed E-state index contributed by atoms with van der Waals surface area (Å²) in [4.78, 5) is 21.5. The largest absolute Gasteiger partial charge is 0.497 e. The summed E-state index contributed by atoms with van der Waals surface area (Å²) in [6, 6.07) is 9.66. The molecule has 0 aliphatic rings. The molecule has 0 aliphatic heterocycles. The maximum Gasteiger partial charge on any atom is 0.227 e. The molecular weight excluding hydrogens is 290 g/mol. The van der Waals surface area contributed by atoms with Crippen LogP contribution in [0.25, 0.3) is 10.9 Å². The van der Waals surface area contributed by atoms with Crippen molar-refractivity contribution >= 4 is 16.8 Å². The summed E-state index contributed by atoms with van der Waals surface area (Å²) in [5, 5.41) is 1.02. The normalized spacial score (nSPS) is 10.7. The highest BCUT2D eigenvalue weighted by molar-refractivity contribution is 5.89. The molecule has 1 amide bonds. The van der Waals surface area contributed by atoms with E-state index in [1.54, 1.807) is 24.4 Å². The third-order valence-electron chi connectivity index (χ3n) is 3.88. The number of aromatic amines is 1. The molecule has 0 bridgehead atoms. The van der Waals surface area contributed by atoms with Crippen LogP contribution in [0, 0.1) is 0 Å².